The smallest absolute Gasteiger partial charge is 0.330 e. The van der Waals surface area contributed by atoms with Crippen molar-refractivity contribution in [3.63, 3.8) is 0 Å². The molecular weight excluding hydrogens is 324 g/mol. The lowest BCUT2D eigenvalue weighted by Crippen LogP contribution is -2.06. The van der Waals surface area contributed by atoms with Crippen LogP contribution in [0.3, 0.4) is 0 Å². The van der Waals surface area contributed by atoms with Gasteiger partial charge in [-0.25, -0.2) is 13.2 Å². The van der Waals surface area contributed by atoms with E-state index in [1.165, 1.54) is 12.1 Å². The molecule has 0 aromatic heterocycles. The van der Waals surface area contributed by atoms with Gasteiger partial charge in [-0.3, -0.25) is 0 Å². The molecule has 0 amide bonds. The fourth-order valence-electron chi connectivity index (χ4n) is 1.95. The summed E-state index contributed by atoms with van der Waals surface area (Å²) >= 11 is 5.90. The molecule has 6 heteroatoms. The molecule has 4 nitrogen and oxygen atoms in total. The zero-order valence-corrected chi connectivity index (χ0v) is 13.5. The maximum atomic E-state index is 12.3. The van der Waals surface area contributed by atoms with Crippen molar-refractivity contribution in [3.8, 4) is 0 Å². The Kier molecular flexibility index (Phi) is 5.21. The topological polar surface area (TPSA) is 60.4 Å². The summed E-state index contributed by atoms with van der Waals surface area (Å²) in [5, 5.41) is 2.26. The summed E-state index contributed by atoms with van der Waals surface area (Å²) in [4.78, 5) is 11.4. The molecule has 2 aromatic rings. The van der Waals surface area contributed by atoms with Gasteiger partial charge in [-0.2, -0.15) is 0 Å². The first-order chi connectivity index (χ1) is 10.4. The molecule has 2 aromatic carbocycles. The Bertz CT molecular complexity index is 825. The largest absolute Gasteiger partial charge is 0.463 e. The summed E-state index contributed by atoms with van der Waals surface area (Å²) in [6.07, 6.45) is 2.42. The number of halogens is 1. The molecule has 0 N–H and O–H groups in total. The van der Waals surface area contributed by atoms with Gasteiger partial charge in [-0.15, -0.1) is 0 Å². The maximum absolute atomic E-state index is 12.3. The molecule has 0 radical (unpaired) electrons. The second-order valence-corrected chi connectivity index (χ2v) is 7.06. The Morgan fingerprint density at radius 3 is 2.59 bits per heavy atom. The van der Waals surface area contributed by atoms with Gasteiger partial charge in [0.2, 0.25) is 0 Å². The first-order valence-electron chi connectivity index (χ1n) is 6.68. The number of fused-ring (bicyclic) bond motifs is 1. The van der Waals surface area contributed by atoms with E-state index in [9.17, 15) is 13.2 Å². The number of ether oxygens (including phenoxy) is 1. The lowest BCUT2D eigenvalue weighted by molar-refractivity contribution is -0.137. The molecule has 0 saturated heterocycles. The lowest BCUT2D eigenvalue weighted by Gasteiger charge is -2.04. The molecule has 0 aliphatic carbocycles. The second-order valence-electron chi connectivity index (χ2n) is 4.59. The summed E-state index contributed by atoms with van der Waals surface area (Å²) in [5.74, 6) is -0.809. The molecular formula is C16H15ClO4S. The number of hydrogen-bond donors (Lipinski definition) is 0. The third-order valence-corrected chi connectivity index (χ3v) is 4.83. The third-order valence-electron chi connectivity index (χ3n) is 2.99. The van der Waals surface area contributed by atoms with Gasteiger partial charge in [0, 0.05) is 11.1 Å². The Hall–Kier alpha value is -1.85. The average molecular weight is 339 g/mol. The predicted octanol–water partition coefficient (Wildman–Crippen LogP) is 3.39. The van der Waals surface area contributed by atoms with Gasteiger partial charge < -0.3 is 4.74 Å². The van der Waals surface area contributed by atoms with Crippen molar-refractivity contribution < 1.29 is 17.9 Å². The lowest BCUT2D eigenvalue weighted by atomic mass is 10.1. The van der Waals surface area contributed by atoms with Gasteiger partial charge in [-0.1, -0.05) is 29.8 Å². The highest BCUT2D eigenvalue weighted by Gasteiger charge is 2.13. The number of carbonyl (C=O) groups is 1. The standard InChI is InChI=1S/C16H15ClO4S/c1-2-21-16(18)4-3-9-22(19,20)15-8-6-12-10-14(17)7-5-13(12)11-15/h3-8,10-11H,2,9H2,1H3/b4-3+. The van der Waals surface area contributed by atoms with E-state index in [4.69, 9.17) is 16.3 Å². The molecule has 0 fully saturated rings. The zero-order valence-electron chi connectivity index (χ0n) is 12.0. The minimum absolute atomic E-state index is 0.204. The average Bonchev–Trinajstić information content (AvgIpc) is 2.46. The molecule has 0 atom stereocenters. The number of esters is 1. The highest BCUT2D eigenvalue weighted by atomic mass is 35.5. The minimum atomic E-state index is -3.50. The first-order valence-corrected chi connectivity index (χ1v) is 8.71. The molecule has 0 heterocycles. The number of sulfone groups is 1. The quantitative estimate of drug-likeness (QED) is 0.619. The summed E-state index contributed by atoms with van der Waals surface area (Å²) in [6.45, 7) is 1.94. The van der Waals surface area contributed by atoms with Crippen molar-refractivity contribution in [1.29, 1.82) is 0 Å². The van der Waals surface area contributed by atoms with Gasteiger partial charge >= 0.3 is 5.97 Å². The predicted molar refractivity (Wildman–Crippen MR) is 86.8 cm³/mol. The molecule has 2 rings (SSSR count). The van der Waals surface area contributed by atoms with Crippen LogP contribution in [0.2, 0.25) is 5.02 Å². The first kappa shape index (κ1) is 16.5. The van der Waals surface area contributed by atoms with Crippen LogP contribution < -0.4 is 0 Å². The number of rotatable bonds is 5. The van der Waals surface area contributed by atoms with Crippen molar-refractivity contribution >= 4 is 38.2 Å². The van der Waals surface area contributed by atoms with Crippen molar-refractivity contribution in [2.45, 2.75) is 11.8 Å². The van der Waals surface area contributed by atoms with Crippen molar-refractivity contribution in [1.82, 2.24) is 0 Å². The molecule has 0 spiro atoms. The molecule has 0 saturated carbocycles. The SMILES string of the molecule is CCOC(=O)/C=C/CS(=O)(=O)c1ccc2cc(Cl)ccc2c1. The van der Waals surface area contributed by atoms with Crippen LogP contribution in [0, 0.1) is 0 Å². The monoisotopic (exact) mass is 338 g/mol. The fraction of sp³-hybridized carbons (Fsp3) is 0.188. The normalized spacial score (nSPS) is 11.9. The third kappa shape index (κ3) is 4.08. The van der Waals surface area contributed by atoms with Gasteiger partial charge in [0.05, 0.1) is 17.3 Å². The van der Waals surface area contributed by atoms with Crippen molar-refractivity contribution in [2.75, 3.05) is 12.4 Å². The fourth-order valence-corrected chi connectivity index (χ4v) is 3.25. The van der Waals surface area contributed by atoms with Crippen molar-refractivity contribution in [3.05, 3.63) is 53.6 Å². The highest BCUT2D eigenvalue weighted by Crippen LogP contribution is 2.23. The zero-order chi connectivity index (χ0) is 16.2. The van der Waals surface area contributed by atoms with Gasteiger partial charge in [0.1, 0.15) is 0 Å². The Labute approximate surface area is 134 Å². The van der Waals surface area contributed by atoms with Crippen LogP contribution in [-0.4, -0.2) is 26.7 Å². The van der Waals surface area contributed by atoms with E-state index < -0.39 is 15.8 Å². The van der Waals surface area contributed by atoms with E-state index in [2.05, 4.69) is 0 Å². The van der Waals surface area contributed by atoms with E-state index in [1.807, 2.05) is 0 Å². The van der Waals surface area contributed by atoms with Crippen LogP contribution in [-0.2, 0) is 19.4 Å². The summed E-state index contributed by atoms with van der Waals surface area (Å²) < 4.78 is 29.2. The van der Waals surface area contributed by atoms with Crippen LogP contribution in [0.1, 0.15) is 6.92 Å². The summed E-state index contributed by atoms with van der Waals surface area (Å²) in [5.41, 5.74) is 0. The molecule has 0 unspecified atom stereocenters. The summed E-state index contributed by atoms with van der Waals surface area (Å²) in [7, 11) is -3.50. The van der Waals surface area contributed by atoms with Crippen LogP contribution in [0.5, 0.6) is 0 Å². The van der Waals surface area contributed by atoms with E-state index in [0.717, 1.165) is 16.8 Å². The molecule has 0 bridgehead atoms. The molecule has 0 aliphatic heterocycles. The molecule has 0 aliphatic rings. The maximum Gasteiger partial charge on any atom is 0.330 e. The number of hydrogen-bond acceptors (Lipinski definition) is 4. The molecule has 116 valence electrons. The van der Waals surface area contributed by atoms with Crippen LogP contribution in [0.25, 0.3) is 10.8 Å². The second kappa shape index (κ2) is 6.94. The van der Waals surface area contributed by atoms with E-state index in [-0.39, 0.29) is 17.3 Å². The van der Waals surface area contributed by atoms with Crippen LogP contribution >= 0.6 is 11.6 Å². The Balaban J connectivity index is 2.22. The van der Waals surface area contributed by atoms with E-state index in [1.54, 1.807) is 37.3 Å². The number of carbonyl (C=O) groups excluding carboxylic acids is 1. The van der Waals surface area contributed by atoms with Crippen molar-refractivity contribution in [2.24, 2.45) is 0 Å². The van der Waals surface area contributed by atoms with Gasteiger partial charge in [0.25, 0.3) is 0 Å². The van der Waals surface area contributed by atoms with Crippen LogP contribution in [0.15, 0.2) is 53.4 Å². The molecule has 22 heavy (non-hydrogen) atoms. The highest BCUT2D eigenvalue weighted by molar-refractivity contribution is 7.91. The van der Waals surface area contributed by atoms with E-state index in [0.29, 0.717) is 5.02 Å². The minimum Gasteiger partial charge on any atom is -0.463 e. The Morgan fingerprint density at radius 1 is 1.18 bits per heavy atom. The van der Waals surface area contributed by atoms with Gasteiger partial charge in [0.15, 0.2) is 9.84 Å². The number of benzene rings is 2. The van der Waals surface area contributed by atoms with E-state index >= 15 is 0 Å². The Morgan fingerprint density at radius 2 is 1.86 bits per heavy atom. The van der Waals surface area contributed by atoms with Crippen LogP contribution in [0.4, 0.5) is 0 Å². The summed E-state index contributed by atoms with van der Waals surface area (Å²) in [6, 6.07) is 10.1. The van der Waals surface area contributed by atoms with Gasteiger partial charge in [-0.05, 0) is 42.0 Å².